The third kappa shape index (κ3) is 2.63. The maximum atomic E-state index is 12.5. The molecule has 2 aliphatic rings. The van der Waals surface area contributed by atoms with E-state index < -0.39 is 0 Å². The third-order valence-corrected chi connectivity index (χ3v) is 4.22. The molecule has 0 aromatic rings. The van der Waals surface area contributed by atoms with Crippen molar-refractivity contribution in [1.29, 1.82) is 0 Å². The fourth-order valence-corrected chi connectivity index (χ4v) is 2.95. The highest BCUT2D eigenvalue weighted by atomic mass is 16.3. The van der Waals surface area contributed by atoms with Crippen molar-refractivity contribution in [2.24, 2.45) is 5.92 Å². The lowest BCUT2D eigenvalue weighted by Gasteiger charge is -2.45. The van der Waals surface area contributed by atoms with E-state index in [1.165, 1.54) is 0 Å². The summed E-state index contributed by atoms with van der Waals surface area (Å²) in [7, 11) is 2.06. The fourth-order valence-electron chi connectivity index (χ4n) is 2.95. The molecule has 0 aliphatic carbocycles. The van der Waals surface area contributed by atoms with E-state index in [0.29, 0.717) is 6.54 Å². The Morgan fingerprint density at radius 1 is 1.29 bits per heavy atom. The van der Waals surface area contributed by atoms with Crippen LogP contribution >= 0.6 is 0 Å². The molecule has 0 saturated carbocycles. The zero-order chi connectivity index (χ0) is 12.6. The second-order valence-electron chi connectivity index (χ2n) is 6.20. The van der Waals surface area contributed by atoms with E-state index in [0.717, 1.165) is 32.4 Å². The Labute approximate surface area is 104 Å². The van der Waals surface area contributed by atoms with E-state index in [4.69, 9.17) is 0 Å². The zero-order valence-corrected chi connectivity index (χ0v) is 11.1. The molecular formula is C13H24N2O2. The summed E-state index contributed by atoms with van der Waals surface area (Å²) in [6.07, 6.45) is 2.31. The number of carbonyl (C=O) groups excluding carboxylic acids is 1. The second kappa shape index (κ2) is 4.58. The zero-order valence-electron chi connectivity index (χ0n) is 11.1. The summed E-state index contributed by atoms with van der Waals surface area (Å²) in [4.78, 5) is 16.6. The number of piperidine rings is 1. The monoisotopic (exact) mass is 240 g/mol. The van der Waals surface area contributed by atoms with Gasteiger partial charge in [-0.3, -0.25) is 4.79 Å². The van der Waals surface area contributed by atoms with E-state index in [9.17, 15) is 9.90 Å². The van der Waals surface area contributed by atoms with Crippen LogP contribution in [-0.2, 0) is 4.79 Å². The van der Waals surface area contributed by atoms with Gasteiger partial charge in [-0.25, -0.2) is 0 Å². The maximum Gasteiger partial charge on any atom is 0.227 e. The molecule has 2 atom stereocenters. The molecular weight excluding hydrogens is 216 g/mol. The van der Waals surface area contributed by atoms with Gasteiger partial charge >= 0.3 is 0 Å². The summed E-state index contributed by atoms with van der Waals surface area (Å²) < 4.78 is 0. The number of aliphatic hydroxyl groups excluding tert-OH is 1. The Balaban J connectivity index is 2.06. The molecule has 0 radical (unpaired) electrons. The van der Waals surface area contributed by atoms with Crippen LogP contribution in [0.4, 0.5) is 0 Å². The van der Waals surface area contributed by atoms with Crippen molar-refractivity contribution in [2.45, 2.75) is 44.8 Å². The van der Waals surface area contributed by atoms with E-state index in [-0.39, 0.29) is 23.5 Å². The Hall–Kier alpha value is -0.610. The summed E-state index contributed by atoms with van der Waals surface area (Å²) in [6.45, 7) is 6.59. The molecule has 2 rings (SSSR count). The van der Waals surface area contributed by atoms with Crippen molar-refractivity contribution >= 4 is 5.91 Å². The van der Waals surface area contributed by atoms with Gasteiger partial charge in [-0.1, -0.05) is 0 Å². The van der Waals surface area contributed by atoms with E-state index >= 15 is 0 Å². The van der Waals surface area contributed by atoms with Crippen LogP contribution in [0.2, 0.25) is 0 Å². The van der Waals surface area contributed by atoms with Crippen LogP contribution in [0.25, 0.3) is 0 Å². The van der Waals surface area contributed by atoms with Crippen LogP contribution in [0.15, 0.2) is 0 Å². The SMILES string of the molecule is CN1CCC(C(=O)N2CC(O)CCC2(C)C)C1. The lowest BCUT2D eigenvalue weighted by molar-refractivity contribution is -0.146. The summed E-state index contributed by atoms with van der Waals surface area (Å²) in [5.74, 6) is 0.364. The average Bonchev–Trinajstić information content (AvgIpc) is 2.68. The largest absolute Gasteiger partial charge is 0.391 e. The third-order valence-electron chi connectivity index (χ3n) is 4.22. The van der Waals surface area contributed by atoms with Gasteiger partial charge < -0.3 is 14.9 Å². The number of β-amino-alcohol motifs (C(OH)–C–C–N with tert-alkyl or cyclic N) is 1. The number of aliphatic hydroxyl groups is 1. The van der Waals surface area contributed by atoms with Crippen LogP contribution in [0, 0.1) is 5.92 Å². The van der Waals surface area contributed by atoms with Gasteiger partial charge in [0.1, 0.15) is 0 Å². The van der Waals surface area contributed by atoms with Crippen LogP contribution < -0.4 is 0 Å². The van der Waals surface area contributed by atoms with Crippen molar-refractivity contribution in [3.63, 3.8) is 0 Å². The molecule has 2 unspecified atom stereocenters. The van der Waals surface area contributed by atoms with Gasteiger partial charge in [-0.05, 0) is 46.7 Å². The first-order chi connectivity index (χ1) is 7.90. The Morgan fingerprint density at radius 3 is 2.59 bits per heavy atom. The first-order valence-corrected chi connectivity index (χ1v) is 6.58. The highest BCUT2D eigenvalue weighted by molar-refractivity contribution is 5.80. The first-order valence-electron chi connectivity index (χ1n) is 6.58. The predicted octanol–water partition coefficient (Wildman–Crippen LogP) is 0.700. The van der Waals surface area contributed by atoms with Crippen LogP contribution in [0.5, 0.6) is 0 Å². The standard InChI is InChI=1S/C13H24N2O2/c1-13(2)6-4-11(16)9-15(13)12(17)10-5-7-14(3)8-10/h10-11,16H,4-9H2,1-3H3. The minimum absolute atomic E-state index is 0.0997. The molecule has 2 aliphatic heterocycles. The topological polar surface area (TPSA) is 43.8 Å². The number of hydrogen-bond acceptors (Lipinski definition) is 3. The van der Waals surface area contributed by atoms with Crippen molar-refractivity contribution in [3.05, 3.63) is 0 Å². The molecule has 1 N–H and O–H groups in total. The highest BCUT2D eigenvalue weighted by Gasteiger charge is 2.40. The van der Waals surface area contributed by atoms with Crippen molar-refractivity contribution in [1.82, 2.24) is 9.80 Å². The van der Waals surface area contributed by atoms with E-state index in [2.05, 4.69) is 25.8 Å². The highest BCUT2D eigenvalue weighted by Crippen LogP contribution is 2.30. The van der Waals surface area contributed by atoms with E-state index in [1.54, 1.807) is 0 Å². The molecule has 2 heterocycles. The molecule has 0 aromatic heterocycles. The van der Waals surface area contributed by atoms with Crippen molar-refractivity contribution < 1.29 is 9.90 Å². The van der Waals surface area contributed by atoms with Crippen molar-refractivity contribution in [2.75, 3.05) is 26.7 Å². The van der Waals surface area contributed by atoms with Crippen LogP contribution in [0.1, 0.15) is 33.1 Å². The molecule has 4 nitrogen and oxygen atoms in total. The fraction of sp³-hybridized carbons (Fsp3) is 0.923. The molecule has 98 valence electrons. The number of nitrogens with zero attached hydrogens (tertiary/aromatic N) is 2. The lowest BCUT2D eigenvalue weighted by Crippen LogP contribution is -2.56. The Morgan fingerprint density at radius 2 is 2.00 bits per heavy atom. The van der Waals surface area contributed by atoms with Gasteiger partial charge in [0.05, 0.1) is 12.0 Å². The normalized spacial score (nSPS) is 34.0. The minimum atomic E-state index is -0.342. The maximum absolute atomic E-state index is 12.5. The number of likely N-dealkylation sites (tertiary alicyclic amines) is 2. The van der Waals surface area contributed by atoms with Crippen LogP contribution in [0.3, 0.4) is 0 Å². The Bertz CT molecular complexity index is 304. The molecule has 2 saturated heterocycles. The summed E-state index contributed by atoms with van der Waals surface area (Å²) >= 11 is 0. The van der Waals surface area contributed by atoms with Gasteiger partial charge in [0, 0.05) is 18.6 Å². The molecule has 17 heavy (non-hydrogen) atoms. The average molecular weight is 240 g/mol. The molecule has 2 fully saturated rings. The first kappa shape index (κ1) is 12.8. The lowest BCUT2D eigenvalue weighted by atomic mass is 9.87. The smallest absolute Gasteiger partial charge is 0.227 e. The molecule has 1 amide bonds. The molecule has 0 bridgehead atoms. The summed E-state index contributed by atoms with van der Waals surface area (Å²) in [5.41, 5.74) is -0.0997. The number of carbonyl (C=O) groups is 1. The Kier molecular flexibility index (Phi) is 3.46. The number of rotatable bonds is 1. The van der Waals surface area contributed by atoms with Gasteiger partial charge in [0.25, 0.3) is 0 Å². The number of hydrogen-bond donors (Lipinski definition) is 1. The van der Waals surface area contributed by atoms with Gasteiger partial charge in [0.15, 0.2) is 0 Å². The summed E-state index contributed by atoms with van der Waals surface area (Å²) in [6, 6.07) is 0. The van der Waals surface area contributed by atoms with E-state index in [1.807, 2.05) is 4.90 Å². The quantitative estimate of drug-likeness (QED) is 0.734. The predicted molar refractivity (Wildman–Crippen MR) is 66.6 cm³/mol. The van der Waals surface area contributed by atoms with Gasteiger partial charge in [-0.15, -0.1) is 0 Å². The van der Waals surface area contributed by atoms with Crippen LogP contribution in [-0.4, -0.2) is 59.1 Å². The van der Waals surface area contributed by atoms with Crippen molar-refractivity contribution in [3.8, 4) is 0 Å². The molecule has 4 heteroatoms. The second-order valence-corrected chi connectivity index (χ2v) is 6.20. The summed E-state index contributed by atoms with van der Waals surface area (Å²) in [5, 5.41) is 9.75. The minimum Gasteiger partial charge on any atom is -0.391 e. The number of amides is 1. The molecule has 0 spiro atoms. The van der Waals surface area contributed by atoms with Gasteiger partial charge in [0.2, 0.25) is 5.91 Å². The molecule has 0 aromatic carbocycles. The van der Waals surface area contributed by atoms with Gasteiger partial charge in [-0.2, -0.15) is 0 Å².